The van der Waals surface area contributed by atoms with Gasteiger partial charge in [-0.15, -0.1) is 0 Å². The van der Waals surface area contributed by atoms with Gasteiger partial charge in [-0.2, -0.15) is 0 Å². The lowest BCUT2D eigenvalue weighted by molar-refractivity contribution is -0.118. The molecule has 124 valence electrons. The van der Waals surface area contributed by atoms with Gasteiger partial charge in [-0.3, -0.25) is 4.79 Å². The number of rotatable bonds is 8. The molecule has 23 heavy (non-hydrogen) atoms. The van der Waals surface area contributed by atoms with Gasteiger partial charge in [0.15, 0.2) is 0 Å². The second kappa shape index (κ2) is 8.89. The zero-order valence-electron chi connectivity index (χ0n) is 14.0. The lowest BCUT2D eigenvalue weighted by Crippen LogP contribution is -2.27. The van der Waals surface area contributed by atoms with Crippen LogP contribution in [-0.4, -0.2) is 35.9 Å². The Hall–Kier alpha value is -1.59. The van der Waals surface area contributed by atoms with Crippen molar-refractivity contribution in [1.29, 1.82) is 0 Å². The van der Waals surface area contributed by atoms with E-state index < -0.39 is 0 Å². The SMILES string of the molecule is Cc1cc(SCC(=O)NCCCOC(C)C)nc2ccccc12. The van der Waals surface area contributed by atoms with Crippen LogP contribution in [0.3, 0.4) is 0 Å². The molecule has 0 unspecified atom stereocenters. The minimum atomic E-state index is 0.0344. The van der Waals surface area contributed by atoms with E-state index in [1.807, 2.05) is 38.1 Å². The Morgan fingerprint density at radius 2 is 2.13 bits per heavy atom. The molecular weight excluding hydrogens is 308 g/mol. The summed E-state index contributed by atoms with van der Waals surface area (Å²) in [5.74, 6) is 0.419. The Balaban J connectivity index is 1.78. The summed E-state index contributed by atoms with van der Waals surface area (Å²) in [4.78, 5) is 16.5. The van der Waals surface area contributed by atoms with Gasteiger partial charge in [0, 0.05) is 18.5 Å². The third kappa shape index (κ3) is 5.84. The first kappa shape index (κ1) is 17.8. The Morgan fingerprint density at radius 1 is 1.35 bits per heavy atom. The van der Waals surface area contributed by atoms with Crippen LogP contribution in [0.4, 0.5) is 0 Å². The highest BCUT2D eigenvalue weighted by Crippen LogP contribution is 2.23. The minimum absolute atomic E-state index is 0.0344. The number of ether oxygens (including phenoxy) is 1. The maximum absolute atomic E-state index is 11.9. The molecule has 1 heterocycles. The molecule has 0 aliphatic heterocycles. The van der Waals surface area contributed by atoms with Crippen molar-refractivity contribution in [1.82, 2.24) is 10.3 Å². The fourth-order valence-corrected chi connectivity index (χ4v) is 3.01. The van der Waals surface area contributed by atoms with Crippen molar-refractivity contribution in [3.05, 3.63) is 35.9 Å². The fourth-order valence-electron chi connectivity index (χ4n) is 2.20. The Bertz CT molecular complexity index is 659. The van der Waals surface area contributed by atoms with Crippen LogP contribution >= 0.6 is 11.8 Å². The summed E-state index contributed by atoms with van der Waals surface area (Å²) < 4.78 is 5.44. The van der Waals surface area contributed by atoms with Crippen molar-refractivity contribution in [2.24, 2.45) is 0 Å². The van der Waals surface area contributed by atoms with Gasteiger partial charge in [0.05, 0.1) is 22.4 Å². The standard InChI is InChI=1S/C18H24N2O2S/c1-13(2)22-10-6-9-19-17(21)12-23-18-11-14(3)15-7-4-5-8-16(15)20-18/h4-5,7-8,11,13H,6,9-10,12H2,1-3H3,(H,19,21). The summed E-state index contributed by atoms with van der Waals surface area (Å²) in [5.41, 5.74) is 2.16. The number of fused-ring (bicyclic) bond motifs is 1. The van der Waals surface area contributed by atoms with Gasteiger partial charge < -0.3 is 10.1 Å². The molecule has 2 aromatic rings. The number of carbonyl (C=O) groups is 1. The van der Waals surface area contributed by atoms with Crippen LogP contribution < -0.4 is 5.32 Å². The largest absolute Gasteiger partial charge is 0.379 e. The zero-order chi connectivity index (χ0) is 16.7. The van der Waals surface area contributed by atoms with Crippen molar-refractivity contribution in [2.45, 2.75) is 38.3 Å². The number of nitrogens with one attached hydrogen (secondary N) is 1. The van der Waals surface area contributed by atoms with Crippen LogP contribution in [0.15, 0.2) is 35.4 Å². The molecule has 1 aromatic heterocycles. The number of nitrogens with zero attached hydrogens (tertiary/aromatic N) is 1. The molecule has 5 heteroatoms. The third-order valence-corrected chi connectivity index (χ3v) is 4.26. The quantitative estimate of drug-likeness (QED) is 0.593. The van der Waals surface area contributed by atoms with E-state index in [0.29, 0.717) is 18.9 Å². The van der Waals surface area contributed by atoms with Crippen molar-refractivity contribution >= 4 is 28.6 Å². The minimum Gasteiger partial charge on any atom is -0.379 e. The molecule has 0 saturated carbocycles. The van der Waals surface area contributed by atoms with Crippen LogP contribution in [0.1, 0.15) is 25.8 Å². The molecule has 0 saturated heterocycles. The van der Waals surface area contributed by atoms with E-state index in [2.05, 4.69) is 23.3 Å². The molecule has 0 spiro atoms. The number of carbonyl (C=O) groups excluding carboxylic acids is 1. The number of thioether (sulfide) groups is 1. The molecule has 1 N–H and O–H groups in total. The summed E-state index contributed by atoms with van der Waals surface area (Å²) in [7, 11) is 0. The lowest BCUT2D eigenvalue weighted by atomic mass is 10.1. The van der Waals surface area contributed by atoms with Crippen LogP contribution in [0.5, 0.6) is 0 Å². The number of hydrogen-bond donors (Lipinski definition) is 1. The monoisotopic (exact) mass is 332 g/mol. The summed E-state index contributed by atoms with van der Waals surface area (Å²) >= 11 is 1.47. The molecule has 0 fully saturated rings. The summed E-state index contributed by atoms with van der Waals surface area (Å²) in [6, 6.07) is 10.1. The third-order valence-electron chi connectivity index (χ3n) is 3.35. The highest BCUT2D eigenvalue weighted by molar-refractivity contribution is 7.99. The van der Waals surface area contributed by atoms with Crippen molar-refractivity contribution in [3.8, 4) is 0 Å². The molecular formula is C18H24N2O2S. The van der Waals surface area contributed by atoms with E-state index in [9.17, 15) is 4.79 Å². The summed E-state index contributed by atoms with van der Waals surface area (Å²) in [6.45, 7) is 7.41. The maximum Gasteiger partial charge on any atom is 0.230 e. The summed E-state index contributed by atoms with van der Waals surface area (Å²) in [5, 5.41) is 4.96. The number of pyridine rings is 1. The average molecular weight is 332 g/mol. The maximum atomic E-state index is 11.9. The molecule has 2 rings (SSSR count). The number of para-hydroxylation sites is 1. The molecule has 0 aliphatic carbocycles. The molecule has 1 aromatic carbocycles. The fraction of sp³-hybridized carbons (Fsp3) is 0.444. The molecule has 0 aliphatic rings. The van der Waals surface area contributed by atoms with Gasteiger partial charge >= 0.3 is 0 Å². The van der Waals surface area contributed by atoms with Gasteiger partial charge in [0.25, 0.3) is 0 Å². The predicted octanol–water partition coefficient (Wildman–Crippen LogP) is 3.57. The topological polar surface area (TPSA) is 51.2 Å². The van der Waals surface area contributed by atoms with Gasteiger partial charge in [-0.05, 0) is 44.9 Å². The van der Waals surface area contributed by atoms with Crippen LogP contribution in [0.25, 0.3) is 10.9 Å². The first-order valence-electron chi connectivity index (χ1n) is 7.94. The van der Waals surface area contributed by atoms with Gasteiger partial charge in [0.2, 0.25) is 5.91 Å². The predicted molar refractivity (Wildman–Crippen MR) is 95.9 cm³/mol. The lowest BCUT2D eigenvalue weighted by Gasteiger charge is -2.09. The van der Waals surface area contributed by atoms with E-state index in [1.165, 1.54) is 17.3 Å². The molecule has 0 bridgehead atoms. The first-order valence-corrected chi connectivity index (χ1v) is 8.92. The van der Waals surface area contributed by atoms with E-state index in [4.69, 9.17) is 4.74 Å². The van der Waals surface area contributed by atoms with Gasteiger partial charge in [-0.1, -0.05) is 30.0 Å². The first-order chi connectivity index (χ1) is 11.1. The highest BCUT2D eigenvalue weighted by atomic mass is 32.2. The Labute approximate surface area is 142 Å². The van der Waals surface area contributed by atoms with E-state index in [-0.39, 0.29) is 12.0 Å². The van der Waals surface area contributed by atoms with Crippen molar-refractivity contribution in [3.63, 3.8) is 0 Å². The molecule has 0 radical (unpaired) electrons. The van der Waals surface area contributed by atoms with E-state index in [0.717, 1.165) is 22.3 Å². The van der Waals surface area contributed by atoms with Crippen LogP contribution in [0.2, 0.25) is 0 Å². The smallest absolute Gasteiger partial charge is 0.230 e. The molecule has 0 atom stereocenters. The Kier molecular flexibility index (Phi) is 6.86. The van der Waals surface area contributed by atoms with Gasteiger partial charge in [-0.25, -0.2) is 4.98 Å². The number of benzene rings is 1. The normalized spacial score (nSPS) is 11.1. The van der Waals surface area contributed by atoms with Crippen molar-refractivity contribution < 1.29 is 9.53 Å². The van der Waals surface area contributed by atoms with Crippen LogP contribution in [0, 0.1) is 6.92 Å². The van der Waals surface area contributed by atoms with Crippen molar-refractivity contribution in [2.75, 3.05) is 18.9 Å². The average Bonchev–Trinajstić information content (AvgIpc) is 2.52. The van der Waals surface area contributed by atoms with E-state index >= 15 is 0 Å². The Morgan fingerprint density at radius 3 is 2.91 bits per heavy atom. The molecule has 1 amide bonds. The second-order valence-corrected chi connectivity index (χ2v) is 6.70. The molecule has 4 nitrogen and oxygen atoms in total. The zero-order valence-corrected chi connectivity index (χ0v) is 14.8. The number of amides is 1. The number of hydrogen-bond acceptors (Lipinski definition) is 4. The number of aryl methyl sites for hydroxylation is 1. The van der Waals surface area contributed by atoms with Gasteiger partial charge in [0.1, 0.15) is 0 Å². The summed E-state index contributed by atoms with van der Waals surface area (Å²) in [6.07, 6.45) is 1.07. The highest BCUT2D eigenvalue weighted by Gasteiger charge is 2.06. The van der Waals surface area contributed by atoms with E-state index in [1.54, 1.807) is 0 Å². The van der Waals surface area contributed by atoms with Crippen LogP contribution in [-0.2, 0) is 9.53 Å². The number of aromatic nitrogens is 1. The second-order valence-electron chi connectivity index (χ2n) is 5.71.